The van der Waals surface area contributed by atoms with E-state index in [4.69, 9.17) is 16.3 Å². The van der Waals surface area contributed by atoms with E-state index in [0.29, 0.717) is 0 Å². The first-order valence-corrected chi connectivity index (χ1v) is 6.23. The number of halogens is 1. The van der Waals surface area contributed by atoms with E-state index >= 15 is 0 Å². The number of hydrogen-bond donors (Lipinski definition) is 1. The molecule has 0 aliphatic heterocycles. The first-order chi connectivity index (χ1) is 9.11. The van der Waals surface area contributed by atoms with Crippen LogP contribution in [0, 0.1) is 0 Å². The Morgan fingerprint density at radius 3 is 2.50 bits per heavy atom. The van der Waals surface area contributed by atoms with Crippen molar-refractivity contribution in [3.05, 3.63) is 32.1 Å². The lowest BCUT2D eigenvalue weighted by Crippen LogP contribution is -2.32. The number of nitrogens with one attached hydrogen (secondary N) is 1. The second kappa shape index (κ2) is 4.52. The molecule has 2 aromatic heterocycles. The van der Waals surface area contributed by atoms with Crippen molar-refractivity contribution in [1.29, 1.82) is 0 Å². The lowest BCUT2D eigenvalue weighted by atomic mass is 10.2. The molecule has 0 aliphatic carbocycles. The molecule has 2 aromatic rings. The third-order valence-corrected chi connectivity index (χ3v) is 2.87. The smallest absolute Gasteiger partial charge is 0.421 e. The predicted molar refractivity (Wildman–Crippen MR) is 74.4 cm³/mol. The summed E-state index contributed by atoms with van der Waals surface area (Å²) in [5.74, 6) is 0. The highest BCUT2D eigenvalue weighted by atomic mass is 35.5. The molecule has 20 heavy (non-hydrogen) atoms. The molecule has 2 heterocycles. The second-order valence-corrected chi connectivity index (χ2v) is 5.73. The Balaban J connectivity index is 2.77. The minimum atomic E-state index is -0.752. The van der Waals surface area contributed by atoms with Crippen LogP contribution in [0.3, 0.4) is 0 Å². The number of carbonyl (C=O) groups is 1. The van der Waals surface area contributed by atoms with Gasteiger partial charge >= 0.3 is 11.8 Å². The quantitative estimate of drug-likeness (QED) is 0.798. The fourth-order valence-corrected chi connectivity index (χ4v) is 2.05. The topological polar surface area (TPSA) is 86.1 Å². The molecule has 0 bridgehead atoms. The molecule has 108 valence electrons. The summed E-state index contributed by atoms with van der Waals surface area (Å²) in [5, 5.41) is 0.143. The zero-order valence-corrected chi connectivity index (χ0v) is 12.2. The highest BCUT2D eigenvalue weighted by molar-refractivity contribution is 6.31. The maximum Gasteiger partial charge on any atom is 0.421 e. The van der Waals surface area contributed by atoms with Crippen molar-refractivity contribution in [3.63, 3.8) is 0 Å². The third kappa shape index (κ3) is 2.36. The Morgan fingerprint density at radius 2 is 1.95 bits per heavy atom. The summed E-state index contributed by atoms with van der Waals surface area (Å²) >= 11 is 5.98. The van der Waals surface area contributed by atoms with Gasteiger partial charge in [0.1, 0.15) is 16.4 Å². The summed E-state index contributed by atoms with van der Waals surface area (Å²) in [7, 11) is 1.43. The number of aromatic amines is 1. The summed E-state index contributed by atoms with van der Waals surface area (Å²) in [4.78, 5) is 37.7. The molecule has 0 fully saturated rings. The highest BCUT2D eigenvalue weighted by Crippen LogP contribution is 2.21. The van der Waals surface area contributed by atoms with Gasteiger partial charge in [-0.15, -0.1) is 0 Å². The van der Waals surface area contributed by atoms with Crippen LogP contribution in [0.1, 0.15) is 20.8 Å². The first kappa shape index (κ1) is 14.4. The zero-order valence-electron chi connectivity index (χ0n) is 11.5. The Morgan fingerprint density at radius 1 is 1.35 bits per heavy atom. The van der Waals surface area contributed by atoms with E-state index in [9.17, 15) is 14.4 Å². The van der Waals surface area contributed by atoms with E-state index in [1.165, 1.54) is 13.1 Å². The van der Waals surface area contributed by atoms with E-state index in [1.54, 1.807) is 20.8 Å². The molecule has 2 rings (SSSR count). The Hall–Kier alpha value is -2.02. The summed E-state index contributed by atoms with van der Waals surface area (Å²) in [5.41, 5.74) is -1.87. The number of H-pyrrole nitrogens is 1. The normalized spacial score (nSPS) is 11.8. The van der Waals surface area contributed by atoms with Crippen LogP contribution < -0.4 is 11.2 Å². The number of ether oxygens (including phenoxy) is 1. The van der Waals surface area contributed by atoms with Crippen molar-refractivity contribution in [2.75, 3.05) is 0 Å². The Labute approximate surface area is 118 Å². The Kier molecular flexibility index (Phi) is 3.25. The van der Waals surface area contributed by atoms with Gasteiger partial charge in [0.15, 0.2) is 0 Å². The molecule has 0 unspecified atom stereocenters. The van der Waals surface area contributed by atoms with Crippen molar-refractivity contribution >= 4 is 28.7 Å². The van der Waals surface area contributed by atoms with Crippen LogP contribution in [-0.2, 0) is 11.8 Å². The molecule has 0 saturated carbocycles. The van der Waals surface area contributed by atoms with Crippen LogP contribution in [0.25, 0.3) is 11.0 Å². The molecule has 0 spiro atoms. The summed E-state index contributed by atoms with van der Waals surface area (Å²) in [6, 6.07) is 1.32. The van der Waals surface area contributed by atoms with Crippen molar-refractivity contribution in [1.82, 2.24) is 14.1 Å². The van der Waals surface area contributed by atoms with Gasteiger partial charge in [-0.25, -0.2) is 14.2 Å². The number of hydrogen-bond acceptors (Lipinski definition) is 4. The van der Waals surface area contributed by atoms with Gasteiger partial charge in [0.05, 0.1) is 5.39 Å². The molecule has 7 nitrogen and oxygen atoms in total. The van der Waals surface area contributed by atoms with E-state index in [0.717, 1.165) is 9.13 Å². The van der Waals surface area contributed by atoms with Gasteiger partial charge in [0, 0.05) is 7.05 Å². The number of carbonyl (C=O) groups excluding carboxylic acids is 1. The molecule has 8 heteroatoms. The molecule has 1 N–H and O–H groups in total. The maximum atomic E-state index is 12.2. The van der Waals surface area contributed by atoms with Crippen LogP contribution >= 0.6 is 11.6 Å². The number of nitrogens with zero attached hydrogens (tertiary/aromatic N) is 2. The monoisotopic (exact) mass is 299 g/mol. The van der Waals surface area contributed by atoms with Crippen LogP contribution in [-0.4, -0.2) is 25.8 Å². The van der Waals surface area contributed by atoms with Gasteiger partial charge in [-0.1, -0.05) is 11.6 Å². The van der Waals surface area contributed by atoms with Gasteiger partial charge in [0.2, 0.25) is 0 Å². The average molecular weight is 300 g/mol. The van der Waals surface area contributed by atoms with E-state index in [-0.39, 0.29) is 16.2 Å². The molecule has 0 radical (unpaired) electrons. The van der Waals surface area contributed by atoms with Gasteiger partial charge in [-0.05, 0) is 26.8 Å². The summed E-state index contributed by atoms with van der Waals surface area (Å²) in [6.07, 6.45) is -0.752. The largest absolute Gasteiger partial charge is 0.443 e. The fourth-order valence-electron chi connectivity index (χ4n) is 1.79. The van der Waals surface area contributed by atoms with Gasteiger partial charge in [0.25, 0.3) is 5.56 Å². The number of aromatic nitrogens is 3. The van der Waals surface area contributed by atoms with E-state index in [1.807, 2.05) is 0 Å². The SMILES string of the molecule is Cn1c(=O)[nH]c(=O)c2cc(Cl)n(C(=O)OC(C)(C)C)c21. The van der Waals surface area contributed by atoms with E-state index < -0.39 is 22.9 Å². The first-order valence-electron chi connectivity index (χ1n) is 5.85. The van der Waals surface area contributed by atoms with Gasteiger partial charge in [-0.3, -0.25) is 14.3 Å². The van der Waals surface area contributed by atoms with E-state index in [2.05, 4.69) is 4.98 Å². The molecule has 0 amide bonds. The zero-order chi connectivity index (χ0) is 15.2. The molecule has 0 aliphatic rings. The van der Waals surface area contributed by atoms with Gasteiger partial charge < -0.3 is 4.74 Å². The lowest BCUT2D eigenvalue weighted by molar-refractivity contribution is 0.0543. The number of fused-ring (bicyclic) bond motifs is 1. The fraction of sp³-hybridized carbons (Fsp3) is 0.417. The van der Waals surface area contributed by atoms with Gasteiger partial charge in [-0.2, -0.15) is 0 Å². The summed E-state index contributed by atoms with van der Waals surface area (Å²) < 4.78 is 7.35. The van der Waals surface area contributed by atoms with Crippen LogP contribution in [0.5, 0.6) is 0 Å². The molecule has 0 saturated heterocycles. The average Bonchev–Trinajstić information content (AvgIpc) is 2.62. The van der Waals surface area contributed by atoms with Crippen LogP contribution in [0.15, 0.2) is 15.7 Å². The predicted octanol–water partition coefficient (Wildman–Crippen LogP) is 1.46. The number of rotatable bonds is 0. The lowest BCUT2D eigenvalue weighted by Gasteiger charge is -2.20. The Bertz CT molecular complexity index is 807. The standard InChI is InChI=1S/C12H14ClN3O4/c1-12(2,3)20-11(19)16-7(13)5-6-8(17)14-10(18)15(4)9(6)16/h5H,1-4H3,(H,14,17,18). The third-order valence-electron chi connectivity index (χ3n) is 2.59. The van der Waals surface area contributed by atoms with Crippen molar-refractivity contribution < 1.29 is 9.53 Å². The van der Waals surface area contributed by atoms with Crippen molar-refractivity contribution in [2.45, 2.75) is 26.4 Å². The van der Waals surface area contributed by atoms with Crippen molar-refractivity contribution in [3.8, 4) is 0 Å². The molecular formula is C12H14ClN3O4. The molecular weight excluding hydrogens is 286 g/mol. The maximum absolute atomic E-state index is 12.2. The second-order valence-electron chi connectivity index (χ2n) is 5.34. The van der Waals surface area contributed by atoms with Crippen LogP contribution in [0.2, 0.25) is 5.15 Å². The number of aryl methyl sites for hydroxylation is 1. The molecule has 0 atom stereocenters. The minimum Gasteiger partial charge on any atom is -0.443 e. The molecule has 0 aromatic carbocycles. The summed E-state index contributed by atoms with van der Waals surface area (Å²) in [6.45, 7) is 5.11. The van der Waals surface area contributed by atoms with Crippen LogP contribution in [0.4, 0.5) is 4.79 Å². The van der Waals surface area contributed by atoms with Crippen molar-refractivity contribution in [2.24, 2.45) is 7.05 Å². The minimum absolute atomic E-state index is 0.000880. The highest BCUT2D eigenvalue weighted by Gasteiger charge is 2.24.